The van der Waals surface area contributed by atoms with Gasteiger partial charge in [0.2, 0.25) is 10.0 Å². The molecule has 1 saturated carbocycles. The summed E-state index contributed by atoms with van der Waals surface area (Å²) >= 11 is 3.01. The van der Waals surface area contributed by atoms with Crippen molar-refractivity contribution in [3.63, 3.8) is 0 Å². The van der Waals surface area contributed by atoms with Gasteiger partial charge < -0.3 is 5.73 Å². The Hall–Kier alpha value is -0.0800. The van der Waals surface area contributed by atoms with Gasteiger partial charge in [0.05, 0.1) is 0 Å². The third kappa shape index (κ3) is 3.52. The van der Waals surface area contributed by atoms with Crippen LogP contribution in [-0.2, 0) is 16.6 Å². The van der Waals surface area contributed by atoms with E-state index in [9.17, 15) is 8.42 Å². The lowest BCUT2D eigenvalue weighted by Crippen LogP contribution is -2.38. The number of nitrogens with one attached hydrogen (secondary N) is 1. The van der Waals surface area contributed by atoms with Crippen LogP contribution in [0.4, 0.5) is 0 Å². The zero-order valence-corrected chi connectivity index (χ0v) is 13.5. The molecule has 1 aliphatic rings. The fourth-order valence-corrected chi connectivity index (χ4v) is 5.77. The van der Waals surface area contributed by atoms with Crippen molar-refractivity contribution in [3.8, 4) is 0 Å². The molecule has 19 heavy (non-hydrogen) atoms. The van der Waals surface area contributed by atoms with E-state index in [1.54, 1.807) is 23.2 Å². The molecule has 0 amide bonds. The SMILES string of the molecule is CSC1(CNS(=O)(=O)c2cc(CN)cs2)CCCC1. The monoisotopic (exact) mass is 320 g/mol. The first kappa shape index (κ1) is 15.3. The molecule has 0 unspecified atom stereocenters. The Morgan fingerprint density at radius 1 is 1.47 bits per heavy atom. The summed E-state index contributed by atoms with van der Waals surface area (Å²) in [6, 6.07) is 1.66. The second-order valence-corrected chi connectivity index (χ2v) is 9.08. The molecule has 7 heteroatoms. The van der Waals surface area contributed by atoms with Crippen molar-refractivity contribution >= 4 is 33.1 Å². The number of sulfonamides is 1. The number of thiophene rings is 1. The molecular weight excluding hydrogens is 300 g/mol. The van der Waals surface area contributed by atoms with Crippen LogP contribution >= 0.6 is 23.1 Å². The molecule has 0 radical (unpaired) electrons. The maximum Gasteiger partial charge on any atom is 0.250 e. The number of hydrogen-bond acceptors (Lipinski definition) is 5. The van der Waals surface area contributed by atoms with Gasteiger partial charge in [0, 0.05) is 17.8 Å². The van der Waals surface area contributed by atoms with Crippen LogP contribution in [0.5, 0.6) is 0 Å². The van der Waals surface area contributed by atoms with E-state index in [2.05, 4.69) is 11.0 Å². The Balaban J connectivity index is 2.05. The molecule has 1 aromatic rings. The van der Waals surface area contributed by atoms with Gasteiger partial charge in [0.1, 0.15) is 4.21 Å². The van der Waals surface area contributed by atoms with Crippen molar-refractivity contribution < 1.29 is 8.42 Å². The first-order chi connectivity index (χ1) is 9.01. The summed E-state index contributed by atoms with van der Waals surface area (Å²) in [5, 5.41) is 1.80. The molecule has 1 aromatic heterocycles. The number of hydrogen-bond donors (Lipinski definition) is 2. The summed E-state index contributed by atoms with van der Waals surface area (Å²) < 4.78 is 27.7. The Bertz CT molecular complexity index is 519. The van der Waals surface area contributed by atoms with Crippen LogP contribution in [0, 0.1) is 0 Å². The minimum Gasteiger partial charge on any atom is -0.326 e. The third-order valence-electron chi connectivity index (χ3n) is 3.66. The highest BCUT2D eigenvalue weighted by Gasteiger charge is 2.34. The van der Waals surface area contributed by atoms with Crippen molar-refractivity contribution in [2.24, 2.45) is 5.73 Å². The van der Waals surface area contributed by atoms with Crippen LogP contribution in [0.1, 0.15) is 31.2 Å². The van der Waals surface area contributed by atoms with Gasteiger partial charge in [-0.25, -0.2) is 13.1 Å². The van der Waals surface area contributed by atoms with Crippen molar-refractivity contribution in [2.45, 2.75) is 41.2 Å². The van der Waals surface area contributed by atoms with E-state index in [0.29, 0.717) is 17.3 Å². The molecule has 0 atom stereocenters. The predicted octanol–water partition coefficient (Wildman–Crippen LogP) is 2.16. The lowest BCUT2D eigenvalue weighted by molar-refractivity contribution is 0.552. The molecule has 3 N–H and O–H groups in total. The van der Waals surface area contributed by atoms with Gasteiger partial charge in [-0.05, 0) is 36.1 Å². The smallest absolute Gasteiger partial charge is 0.250 e. The summed E-state index contributed by atoms with van der Waals surface area (Å²) in [5.41, 5.74) is 6.38. The molecular formula is C12H20N2O2S3. The first-order valence-electron chi connectivity index (χ1n) is 6.34. The maximum absolute atomic E-state index is 12.2. The molecule has 108 valence electrons. The molecule has 1 fully saturated rings. The highest BCUT2D eigenvalue weighted by atomic mass is 32.2. The highest BCUT2D eigenvalue weighted by Crippen LogP contribution is 2.39. The second-order valence-electron chi connectivity index (χ2n) is 4.90. The molecule has 1 aliphatic carbocycles. The average molecular weight is 321 g/mol. The van der Waals surface area contributed by atoms with Gasteiger partial charge in [-0.1, -0.05) is 12.8 Å². The molecule has 1 heterocycles. The summed E-state index contributed by atoms with van der Waals surface area (Å²) in [4.78, 5) is 0. The van der Waals surface area contributed by atoms with Crippen molar-refractivity contribution in [3.05, 3.63) is 17.0 Å². The van der Waals surface area contributed by atoms with Crippen molar-refractivity contribution in [1.82, 2.24) is 4.72 Å². The molecule has 0 saturated heterocycles. The van der Waals surface area contributed by atoms with Gasteiger partial charge in [-0.3, -0.25) is 0 Å². The summed E-state index contributed by atoms with van der Waals surface area (Å²) in [6.07, 6.45) is 6.64. The highest BCUT2D eigenvalue weighted by molar-refractivity contribution is 8.00. The van der Waals surface area contributed by atoms with Crippen LogP contribution < -0.4 is 10.5 Å². The normalized spacial score (nSPS) is 18.8. The van der Waals surface area contributed by atoms with E-state index in [0.717, 1.165) is 18.4 Å². The summed E-state index contributed by atoms with van der Waals surface area (Å²) in [5.74, 6) is 0. The molecule has 2 rings (SSSR count). The van der Waals surface area contributed by atoms with Gasteiger partial charge >= 0.3 is 0 Å². The van der Waals surface area contributed by atoms with E-state index in [1.807, 2.05) is 0 Å². The Morgan fingerprint density at radius 3 is 2.68 bits per heavy atom. The fourth-order valence-electron chi connectivity index (χ4n) is 2.37. The van der Waals surface area contributed by atoms with Crippen LogP contribution in [0.3, 0.4) is 0 Å². The lowest BCUT2D eigenvalue weighted by Gasteiger charge is -2.26. The fraction of sp³-hybridized carbons (Fsp3) is 0.667. The molecule has 0 aliphatic heterocycles. The molecule has 4 nitrogen and oxygen atoms in total. The molecule has 0 aromatic carbocycles. The van der Waals surface area contributed by atoms with E-state index in [1.165, 1.54) is 24.2 Å². The standard InChI is InChI=1S/C12H20N2O2S3/c1-17-12(4-2-3-5-12)9-14-19(15,16)11-6-10(7-13)8-18-11/h6,8,14H,2-5,7,9,13H2,1H3. The van der Waals surface area contributed by atoms with Crippen LogP contribution in [0.15, 0.2) is 15.7 Å². The maximum atomic E-state index is 12.2. The van der Waals surface area contributed by atoms with E-state index in [-0.39, 0.29) is 4.75 Å². The van der Waals surface area contributed by atoms with E-state index < -0.39 is 10.0 Å². The topological polar surface area (TPSA) is 72.2 Å². The number of rotatable bonds is 6. The first-order valence-corrected chi connectivity index (χ1v) is 9.92. The quantitative estimate of drug-likeness (QED) is 0.842. The lowest BCUT2D eigenvalue weighted by atomic mass is 10.1. The van der Waals surface area contributed by atoms with Crippen molar-refractivity contribution in [2.75, 3.05) is 12.8 Å². The number of nitrogens with two attached hydrogens (primary N) is 1. The van der Waals surface area contributed by atoms with E-state index >= 15 is 0 Å². The minimum atomic E-state index is -3.39. The minimum absolute atomic E-state index is 0.0844. The van der Waals surface area contributed by atoms with Gasteiger partial charge in [-0.15, -0.1) is 11.3 Å². The second kappa shape index (κ2) is 6.13. The van der Waals surface area contributed by atoms with Crippen molar-refractivity contribution in [1.29, 1.82) is 0 Å². The molecule has 0 bridgehead atoms. The number of thioether (sulfide) groups is 1. The largest absolute Gasteiger partial charge is 0.326 e. The Kier molecular flexibility index (Phi) is 4.94. The van der Waals surface area contributed by atoms with Gasteiger partial charge in [0.15, 0.2) is 0 Å². The third-order valence-corrected chi connectivity index (χ3v) is 7.97. The zero-order chi connectivity index (χ0) is 13.9. The Morgan fingerprint density at radius 2 is 2.16 bits per heavy atom. The van der Waals surface area contributed by atoms with Crippen LogP contribution in [-0.4, -0.2) is 26.0 Å². The Labute approximate surface area is 123 Å². The predicted molar refractivity (Wildman–Crippen MR) is 82.1 cm³/mol. The summed E-state index contributed by atoms with van der Waals surface area (Å²) in [7, 11) is -3.39. The summed E-state index contributed by atoms with van der Waals surface area (Å²) in [6.45, 7) is 0.896. The van der Waals surface area contributed by atoms with Gasteiger partial charge in [-0.2, -0.15) is 11.8 Å². The van der Waals surface area contributed by atoms with E-state index in [4.69, 9.17) is 5.73 Å². The van der Waals surface area contributed by atoms with Gasteiger partial charge in [0.25, 0.3) is 0 Å². The molecule has 0 spiro atoms. The zero-order valence-electron chi connectivity index (χ0n) is 11.0. The van der Waals surface area contributed by atoms with Crippen LogP contribution in [0.25, 0.3) is 0 Å². The average Bonchev–Trinajstić information content (AvgIpc) is 3.06. The van der Waals surface area contributed by atoms with Crippen LogP contribution in [0.2, 0.25) is 0 Å².